The van der Waals surface area contributed by atoms with Crippen molar-refractivity contribution in [3.63, 3.8) is 0 Å². The molecule has 1 aromatic carbocycles. The minimum absolute atomic E-state index is 0.0293. The van der Waals surface area contributed by atoms with Crippen molar-refractivity contribution in [1.82, 2.24) is 24.5 Å². The second-order valence-corrected chi connectivity index (χ2v) is 14.5. The molecule has 0 unspecified atom stereocenters. The fourth-order valence-electron chi connectivity index (χ4n) is 6.02. The van der Waals surface area contributed by atoms with Crippen LogP contribution >= 0.6 is 11.6 Å². The maximum Gasteiger partial charge on any atom is 0.510 e. The van der Waals surface area contributed by atoms with Crippen LogP contribution in [-0.2, 0) is 38.2 Å². The summed E-state index contributed by atoms with van der Waals surface area (Å²) in [4.78, 5) is 40.0. The molecule has 0 aliphatic heterocycles. The number of rotatable bonds is 9. The lowest BCUT2D eigenvalue weighted by Gasteiger charge is -2.30. The number of esters is 1. The van der Waals surface area contributed by atoms with Gasteiger partial charge in [-0.1, -0.05) is 17.7 Å². The number of alkyl halides is 8. The van der Waals surface area contributed by atoms with E-state index in [4.69, 9.17) is 25.8 Å². The van der Waals surface area contributed by atoms with Gasteiger partial charge in [-0.2, -0.15) is 50.6 Å². The molecule has 2 aliphatic rings. The van der Waals surface area contributed by atoms with E-state index < -0.39 is 71.4 Å². The Balaban J connectivity index is 1.34. The molecule has 12 nitrogen and oxygen atoms in total. The number of carbonyl (C=O) groups excluding carboxylic acids is 3. The molecule has 2 saturated carbocycles. The number of halogens is 9. The molecule has 0 radical (unpaired) electrons. The van der Waals surface area contributed by atoms with Crippen LogP contribution in [-0.4, -0.2) is 72.6 Å². The quantitative estimate of drug-likeness (QED) is 0.119. The number of benzene rings is 1. The van der Waals surface area contributed by atoms with Gasteiger partial charge in [-0.15, -0.1) is 0 Å². The van der Waals surface area contributed by atoms with E-state index in [1.807, 2.05) is 6.07 Å². The average Bonchev–Trinajstić information content (AvgIpc) is 3.54. The summed E-state index contributed by atoms with van der Waals surface area (Å²) in [5.41, 5.74) is -7.15. The van der Waals surface area contributed by atoms with E-state index in [1.165, 1.54) is 18.2 Å². The molecule has 298 valence electrons. The largest absolute Gasteiger partial charge is 0.510 e. The first-order valence-corrected chi connectivity index (χ1v) is 17.0. The molecule has 0 atom stereocenters. The Labute approximate surface area is 312 Å². The Morgan fingerprint density at radius 2 is 1.65 bits per heavy atom. The molecule has 21 heteroatoms. The third-order valence-corrected chi connectivity index (χ3v) is 9.30. The highest BCUT2D eigenvalue weighted by atomic mass is 35.5. The lowest BCUT2D eigenvalue weighted by Crippen LogP contribution is -2.44. The van der Waals surface area contributed by atoms with Gasteiger partial charge in [0.05, 0.1) is 28.8 Å². The van der Waals surface area contributed by atoms with Crippen molar-refractivity contribution in [2.45, 2.75) is 94.8 Å². The minimum atomic E-state index is -6.39. The molecule has 2 fully saturated rings. The maximum atomic E-state index is 14.2. The molecule has 5 rings (SSSR count). The first-order valence-electron chi connectivity index (χ1n) is 16.6. The maximum absolute atomic E-state index is 14.2. The number of carbonyl (C=O) groups is 3. The monoisotopic (exact) mass is 808 g/mol. The average molecular weight is 809 g/mol. The molecular weight excluding hydrogens is 776 g/mol. The Kier molecular flexibility index (Phi) is 11.0. The molecule has 1 amide bonds. The number of amides is 1. The summed E-state index contributed by atoms with van der Waals surface area (Å²) >= 11 is 6.36. The number of aryl methyl sites for hydroxylation is 1. The topological polar surface area (TPSA) is 142 Å². The highest BCUT2D eigenvalue weighted by Crippen LogP contribution is 2.49. The van der Waals surface area contributed by atoms with Crippen molar-refractivity contribution in [1.29, 1.82) is 5.26 Å². The lowest BCUT2D eigenvalue weighted by atomic mass is 9.87. The van der Waals surface area contributed by atoms with E-state index in [2.05, 4.69) is 10.2 Å². The number of aromatic nitrogens is 4. The summed E-state index contributed by atoms with van der Waals surface area (Å²) in [7, 11) is 0.730. The van der Waals surface area contributed by atoms with Gasteiger partial charge in [0.1, 0.15) is 22.8 Å². The number of nitriles is 1. The zero-order valence-electron chi connectivity index (χ0n) is 29.5. The van der Waals surface area contributed by atoms with Gasteiger partial charge in [-0.05, 0) is 77.0 Å². The van der Waals surface area contributed by atoms with E-state index in [0.717, 1.165) is 24.3 Å². The molecule has 0 N–H and O–H groups in total. The van der Waals surface area contributed by atoms with Crippen LogP contribution in [0.3, 0.4) is 0 Å². The SMILES string of the molecule is Cn1nc(C(F)(F)C(F)(F)F)c(C(F)(F)F)c1-n1cc(-c2ccc(Cl)c(C(=O)N(COC(=O)O[C@H]3CC[C@@H](C(=O)OC(C)(C)C)CC3)C3(C#N)CC3)c2)cn1. The van der Waals surface area contributed by atoms with Crippen LogP contribution in [0, 0.1) is 17.2 Å². The van der Waals surface area contributed by atoms with Crippen LogP contribution < -0.4 is 0 Å². The molecule has 0 spiro atoms. The van der Waals surface area contributed by atoms with Gasteiger partial charge < -0.3 is 14.2 Å². The predicted octanol–water partition coefficient (Wildman–Crippen LogP) is 8.11. The van der Waals surface area contributed by atoms with Gasteiger partial charge in [0, 0.05) is 18.8 Å². The van der Waals surface area contributed by atoms with Crippen molar-refractivity contribution in [3.05, 3.63) is 52.4 Å². The molecule has 0 bridgehead atoms. The van der Waals surface area contributed by atoms with E-state index >= 15 is 0 Å². The third-order valence-electron chi connectivity index (χ3n) is 8.97. The van der Waals surface area contributed by atoms with Crippen molar-refractivity contribution < 1.29 is 63.7 Å². The molecule has 2 aliphatic carbocycles. The fourth-order valence-corrected chi connectivity index (χ4v) is 6.22. The standard InChI is InChI=1S/C34H33ClF8N6O6/c1-30(2,3)55-28(51)18-5-8-21(9-6-18)54-29(52)53-17-48(31(16-44)11-12-31)27(50)22-13-19(7-10-23(22)35)20-14-45-49(15-20)26-24(33(38,39)40)25(46-47(26)4)32(36,37)34(41,42)43/h7,10,13-15,18,21H,5-6,8-9,11-12,17H2,1-4H3/t18-,21+. The molecule has 55 heavy (non-hydrogen) atoms. The van der Waals surface area contributed by atoms with E-state index in [-0.39, 0.29) is 51.1 Å². The summed E-state index contributed by atoms with van der Waals surface area (Å²) in [6, 6.07) is 5.77. The smallest absolute Gasteiger partial charge is 0.460 e. The summed E-state index contributed by atoms with van der Waals surface area (Å²) in [5, 5.41) is 16.4. The van der Waals surface area contributed by atoms with Crippen molar-refractivity contribution in [3.8, 4) is 23.0 Å². The zero-order chi connectivity index (χ0) is 40.9. The molecule has 3 aromatic rings. The third kappa shape index (κ3) is 8.66. The second kappa shape index (κ2) is 14.6. The first-order chi connectivity index (χ1) is 25.4. The Bertz CT molecular complexity index is 2000. The lowest BCUT2D eigenvalue weighted by molar-refractivity contribution is -0.292. The second-order valence-electron chi connectivity index (χ2n) is 14.1. The first kappa shape index (κ1) is 41.2. The number of hydrogen-bond donors (Lipinski definition) is 0. The predicted molar refractivity (Wildman–Crippen MR) is 173 cm³/mol. The number of ether oxygens (including phenoxy) is 3. The van der Waals surface area contributed by atoms with Gasteiger partial charge in [0.2, 0.25) is 0 Å². The van der Waals surface area contributed by atoms with Crippen LogP contribution in [0.1, 0.15) is 80.9 Å². The van der Waals surface area contributed by atoms with Crippen LogP contribution in [0.4, 0.5) is 39.9 Å². The Morgan fingerprint density at radius 3 is 2.20 bits per heavy atom. The van der Waals surface area contributed by atoms with Crippen molar-refractivity contribution >= 4 is 29.6 Å². The Morgan fingerprint density at radius 1 is 1.02 bits per heavy atom. The summed E-state index contributed by atoms with van der Waals surface area (Å²) in [6.07, 6.45) is -10.1. The van der Waals surface area contributed by atoms with Crippen LogP contribution in [0.25, 0.3) is 16.9 Å². The number of nitrogens with zero attached hydrogens (tertiary/aromatic N) is 6. The summed E-state index contributed by atoms with van der Waals surface area (Å²) in [5.74, 6) is -8.81. The Hall–Kier alpha value is -4.93. The highest BCUT2D eigenvalue weighted by Gasteiger charge is 2.64. The minimum Gasteiger partial charge on any atom is -0.460 e. The summed E-state index contributed by atoms with van der Waals surface area (Å²) in [6.45, 7) is 4.53. The highest BCUT2D eigenvalue weighted by molar-refractivity contribution is 6.34. The normalized spacial score (nSPS) is 18.6. The van der Waals surface area contributed by atoms with Crippen LogP contribution in [0.15, 0.2) is 30.6 Å². The van der Waals surface area contributed by atoms with Crippen LogP contribution in [0.5, 0.6) is 0 Å². The molecular formula is C34H33ClF8N6O6. The van der Waals surface area contributed by atoms with Crippen molar-refractivity contribution in [2.24, 2.45) is 13.0 Å². The van der Waals surface area contributed by atoms with Gasteiger partial charge in [-0.3, -0.25) is 14.5 Å². The molecule has 0 saturated heterocycles. The van der Waals surface area contributed by atoms with E-state index in [1.54, 1.807) is 20.8 Å². The van der Waals surface area contributed by atoms with Gasteiger partial charge in [0.25, 0.3) is 5.91 Å². The van der Waals surface area contributed by atoms with Gasteiger partial charge in [0.15, 0.2) is 18.2 Å². The molecule has 2 heterocycles. The number of hydrogen-bond acceptors (Lipinski definition) is 9. The van der Waals surface area contributed by atoms with Gasteiger partial charge in [-0.25, -0.2) is 14.2 Å². The zero-order valence-corrected chi connectivity index (χ0v) is 30.3. The fraction of sp³-hybridized carbons (Fsp3) is 0.529. The van der Waals surface area contributed by atoms with Crippen molar-refractivity contribution in [2.75, 3.05) is 6.73 Å². The summed E-state index contributed by atoms with van der Waals surface area (Å²) < 4.78 is 126. The van der Waals surface area contributed by atoms with E-state index in [9.17, 15) is 54.8 Å². The van der Waals surface area contributed by atoms with Gasteiger partial charge >= 0.3 is 30.4 Å². The van der Waals surface area contributed by atoms with E-state index in [0.29, 0.717) is 30.4 Å². The van der Waals surface area contributed by atoms with Crippen LogP contribution in [0.2, 0.25) is 5.02 Å². The molecule has 2 aromatic heterocycles.